The molecule has 3 amide bonds. The van der Waals surface area contributed by atoms with Crippen molar-refractivity contribution >= 4 is 17.9 Å². The first kappa shape index (κ1) is 15.4. The first-order valence-corrected chi connectivity index (χ1v) is 5.08. The van der Waals surface area contributed by atoms with E-state index in [4.69, 9.17) is 5.11 Å². The molecule has 17 heavy (non-hydrogen) atoms. The Hall–Kier alpha value is -1.63. The normalized spacial score (nSPS) is 10.8. The van der Waals surface area contributed by atoms with E-state index in [2.05, 4.69) is 10.1 Å². The van der Waals surface area contributed by atoms with Crippen molar-refractivity contribution < 1.29 is 24.2 Å². The topological polar surface area (TPSA) is 105 Å². The second-order valence-corrected chi connectivity index (χ2v) is 4.68. The van der Waals surface area contributed by atoms with E-state index < -0.39 is 31.1 Å². The summed E-state index contributed by atoms with van der Waals surface area (Å²) in [5, 5.41) is 12.8. The lowest BCUT2D eigenvalue weighted by Crippen LogP contribution is -2.44. The molecule has 98 valence electrons. The minimum Gasteiger partial charge on any atom is -0.480 e. The summed E-state index contributed by atoms with van der Waals surface area (Å²) in [7, 11) is 0. The zero-order valence-electron chi connectivity index (χ0n) is 10.2. The summed E-state index contributed by atoms with van der Waals surface area (Å²) in [6, 6.07) is -0.621. The van der Waals surface area contributed by atoms with Gasteiger partial charge >= 0.3 is 12.0 Å². The van der Waals surface area contributed by atoms with Crippen LogP contribution in [0.3, 0.4) is 0 Å². The maximum absolute atomic E-state index is 11.2. The Balaban J connectivity index is 3.74. The van der Waals surface area contributed by atoms with Crippen LogP contribution in [-0.2, 0) is 14.3 Å². The number of amides is 3. The fourth-order valence-electron chi connectivity index (χ4n) is 0.783. The standard InChI is InChI=1S/C10H18N2O5/c1-10(2,3)6-11-9(16)12-7(13)4-17-5-8(14)15/h4-6H2,1-3H3,(H,14,15)(H2,11,12,13,16). The Labute approximate surface area is 99.5 Å². The largest absolute Gasteiger partial charge is 0.480 e. The fourth-order valence-corrected chi connectivity index (χ4v) is 0.783. The van der Waals surface area contributed by atoms with Gasteiger partial charge in [-0.05, 0) is 5.41 Å². The Morgan fingerprint density at radius 2 is 1.76 bits per heavy atom. The number of rotatable bonds is 5. The molecule has 0 aromatic heterocycles. The van der Waals surface area contributed by atoms with Gasteiger partial charge in [-0.1, -0.05) is 20.8 Å². The average molecular weight is 246 g/mol. The summed E-state index contributed by atoms with van der Waals surface area (Å²) in [6.45, 7) is 5.19. The van der Waals surface area contributed by atoms with E-state index in [0.717, 1.165) is 0 Å². The molecule has 0 saturated heterocycles. The molecular weight excluding hydrogens is 228 g/mol. The molecule has 0 aliphatic carbocycles. The molecule has 0 spiro atoms. The number of ether oxygens (including phenoxy) is 1. The first-order chi connectivity index (χ1) is 7.70. The molecule has 0 heterocycles. The average Bonchev–Trinajstić information content (AvgIpc) is 2.13. The number of imide groups is 1. The second kappa shape index (κ2) is 6.85. The highest BCUT2D eigenvalue weighted by Crippen LogP contribution is 2.09. The SMILES string of the molecule is CC(C)(C)CNC(=O)NC(=O)COCC(=O)O. The maximum Gasteiger partial charge on any atom is 0.329 e. The summed E-state index contributed by atoms with van der Waals surface area (Å²) in [4.78, 5) is 32.3. The van der Waals surface area contributed by atoms with Gasteiger partial charge in [0.2, 0.25) is 0 Å². The van der Waals surface area contributed by atoms with Crippen LogP contribution in [0.25, 0.3) is 0 Å². The number of hydrogen-bond acceptors (Lipinski definition) is 4. The number of carboxylic acid groups (broad SMARTS) is 1. The van der Waals surface area contributed by atoms with E-state index >= 15 is 0 Å². The fraction of sp³-hybridized carbons (Fsp3) is 0.700. The molecular formula is C10H18N2O5. The summed E-state index contributed by atoms with van der Waals surface area (Å²) in [5.74, 6) is -1.85. The number of carboxylic acids is 1. The second-order valence-electron chi connectivity index (χ2n) is 4.68. The van der Waals surface area contributed by atoms with Crippen LogP contribution in [0.5, 0.6) is 0 Å². The molecule has 0 bridgehead atoms. The quantitative estimate of drug-likeness (QED) is 0.631. The van der Waals surface area contributed by atoms with Gasteiger partial charge < -0.3 is 15.2 Å². The van der Waals surface area contributed by atoms with E-state index in [1.54, 1.807) is 0 Å². The molecule has 0 aliphatic rings. The summed E-state index contributed by atoms with van der Waals surface area (Å²) in [6.07, 6.45) is 0. The van der Waals surface area contributed by atoms with Crippen LogP contribution < -0.4 is 10.6 Å². The monoisotopic (exact) mass is 246 g/mol. The Bertz CT molecular complexity index is 296. The lowest BCUT2D eigenvalue weighted by Gasteiger charge is -2.18. The molecule has 3 N–H and O–H groups in total. The number of nitrogens with one attached hydrogen (secondary N) is 2. The molecule has 0 saturated carbocycles. The van der Waals surface area contributed by atoms with Crippen molar-refractivity contribution in [2.75, 3.05) is 19.8 Å². The van der Waals surface area contributed by atoms with Gasteiger partial charge in [-0.15, -0.1) is 0 Å². The predicted octanol–water partition coefficient (Wildman–Crippen LogP) is -0.0405. The Morgan fingerprint density at radius 3 is 2.24 bits per heavy atom. The van der Waals surface area contributed by atoms with Gasteiger partial charge in [0, 0.05) is 6.54 Å². The van der Waals surface area contributed by atoms with Crippen LogP contribution in [0.1, 0.15) is 20.8 Å². The van der Waals surface area contributed by atoms with Crippen molar-refractivity contribution in [1.82, 2.24) is 10.6 Å². The van der Waals surface area contributed by atoms with Crippen LogP contribution in [0, 0.1) is 5.41 Å². The van der Waals surface area contributed by atoms with Crippen molar-refractivity contribution in [3.63, 3.8) is 0 Å². The van der Waals surface area contributed by atoms with Crippen molar-refractivity contribution in [2.45, 2.75) is 20.8 Å². The zero-order chi connectivity index (χ0) is 13.5. The van der Waals surface area contributed by atoms with Gasteiger partial charge in [-0.25, -0.2) is 9.59 Å². The molecule has 7 heteroatoms. The van der Waals surface area contributed by atoms with Crippen molar-refractivity contribution in [3.05, 3.63) is 0 Å². The molecule has 7 nitrogen and oxygen atoms in total. The highest BCUT2D eigenvalue weighted by Gasteiger charge is 2.13. The highest BCUT2D eigenvalue weighted by atomic mass is 16.5. The van der Waals surface area contributed by atoms with E-state index in [1.165, 1.54) is 0 Å². The van der Waals surface area contributed by atoms with Gasteiger partial charge in [0.15, 0.2) is 0 Å². The molecule has 0 rings (SSSR count). The van der Waals surface area contributed by atoms with Gasteiger partial charge in [0.05, 0.1) is 0 Å². The van der Waals surface area contributed by atoms with Gasteiger partial charge in [0.1, 0.15) is 13.2 Å². The van der Waals surface area contributed by atoms with Crippen molar-refractivity contribution in [1.29, 1.82) is 0 Å². The molecule has 0 fully saturated rings. The number of hydrogen-bond donors (Lipinski definition) is 3. The smallest absolute Gasteiger partial charge is 0.329 e. The van der Waals surface area contributed by atoms with E-state index in [-0.39, 0.29) is 5.41 Å². The summed E-state index contributed by atoms with van der Waals surface area (Å²) < 4.78 is 4.51. The summed E-state index contributed by atoms with van der Waals surface area (Å²) >= 11 is 0. The number of urea groups is 1. The highest BCUT2D eigenvalue weighted by molar-refractivity contribution is 5.94. The maximum atomic E-state index is 11.2. The first-order valence-electron chi connectivity index (χ1n) is 5.08. The van der Waals surface area contributed by atoms with Crippen molar-refractivity contribution in [2.24, 2.45) is 5.41 Å². The van der Waals surface area contributed by atoms with Crippen LogP contribution >= 0.6 is 0 Å². The van der Waals surface area contributed by atoms with Crippen molar-refractivity contribution in [3.8, 4) is 0 Å². The summed E-state index contributed by atoms with van der Waals surface area (Å²) in [5.41, 5.74) is -0.0831. The van der Waals surface area contributed by atoms with Gasteiger partial charge in [-0.2, -0.15) is 0 Å². The Kier molecular flexibility index (Phi) is 6.19. The third-order valence-electron chi connectivity index (χ3n) is 1.49. The van der Waals surface area contributed by atoms with Crippen LogP contribution in [-0.4, -0.2) is 42.8 Å². The molecule has 0 atom stereocenters. The van der Waals surface area contributed by atoms with Gasteiger partial charge in [-0.3, -0.25) is 10.1 Å². The van der Waals surface area contributed by atoms with Crippen LogP contribution in [0.15, 0.2) is 0 Å². The number of aliphatic carboxylic acids is 1. The van der Waals surface area contributed by atoms with E-state index in [0.29, 0.717) is 6.54 Å². The molecule has 0 aromatic rings. The Morgan fingerprint density at radius 1 is 1.18 bits per heavy atom. The van der Waals surface area contributed by atoms with E-state index in [1.807, 2.05) is 26.1 Å². The lowest BCUT2D eigenvalue weighted by atomic mass is 9.97. The molecule has 0 aliphatic heterocycles. The number of carbonyl (C=O) groups is 3. The third kappa shape index (κ3) is 10.6. The van der Waals surface area contributed by atoms with Crippen LogP contribution in [0.2, 0.25) is 0 Å². The van der Waals surface area contributed by atoms with E-state index in [9.17, 15) is 14.4 Å². The molecule has 0 aromatic carbocycles. The number of carbonyl (C=O) groups excluding carboxylic acids is 2. The zero-order valence-corrected chi connectivity index (χ0v) is 10.2. The van der Waals surface area contributed by atoms with Crippen LogP contribution in [0.4, 0.5) is 4.79 Å². The predicted molar refractivity (Wildman–Crippen MR) is 59.5 cm³/mol. The minimum absolute atomic E-state index is 0.0831. The lowest BCUT2D eigenvalue weighted by molar-refractivity contribution is -0.143. The third-order valence-corrected chi connectivity index (χ3v) is 1.49. The van der Waals surface area contributed by atoms with Gasteiger partial charge in [0.25, 0.3) is 5.91 Å². The molecule has 0 radical (unpaired) electrons. The minimum atomic E-state index is -1.17. The molecule has 0 unspecified atom stereocenters.